The number of rotatable bonds is 2. The number of hydrogen-bond acceptors (Lipinski definition) is 2. The second-order valence-corrected chi connectivity index (χ2v) is 4.89. The summed E-state index contributed by atoms with van der Waals surface area (Å²) in [5, 5.41) is 0. The zero-order valence-electron chi connectivity index (χ0n) is 5.90. The predicted octanol–water partition coefficient (Wildman–Crippen LogP) is 1.76. The fourth-order valence-corrected chi connectivity index (χ4v) is 0.458. The third-order valence-electron chi connectivity index (χ3n) is 0.761. The van der Waals surface area contributed by atoms with E-state index in [1.54, 1.807) is 6.92 Å². The van der Waals surface area contributed by atoms with Gasteiger partial charge < -0.3 is 4.74 Å². The van der Waals surface area contributed by atoms with Crippen molar-refractivity contribution in [3.8, 4) is 0 Å². The maximum atomic E-state index is 10.8. The Bertz CT molecular complexity index is 104. The van der Waals surface area contributed by atoms with Gasteiger partial charge in [-0.3, -0.25) is 4.79 Å². The van der Waals surface area contributed by atoms with Crippen molar-refractivity contribution in [2.24, 2.45) is 0 Å². The molecule has 0 aliphatic carbocycles. The van der Waals surface area contributed by atoms with E-state index < -0.39 is 0 Å². The van der Waals surface area contributed by atoms with Gasteiger partial charge in [-0.05, 0) is 20.8 Å². The Morgan fingerprint density at radius 2 is 2.11 bits per heavy atom. The number of halogens is 1. The molecular formula is C6H11IO2. The molecule has 54 valence electrons. The first kappa shape index (κ1) is 9.20. The molecule has 9 heavy (non-hydrogen) atoms. The topological polar surface area (TPSA) is 26.3 Å². The summed E-state index contributed by atoms with van der Waals surface area (Å²) in [4.78, 5) is 10.8. The quantitative estimate of drug-likeness (QED) is 0.419. The molecule has 0 amide bonds. The average molecular weight is 242 g/mol. The molecule has 0 aromatic heterocycles. The molecule has 0 rings (SSSR count). The molecule has 0 saturated carbocycles. The van der Waals surface area contributed by atoms with Gasteiger partial charge in [-0.15, -0.1) is 0 Å². The fourth-order valence-electron chi connectivity index (χ4n) is 0.303. The second-order valence-electron chi connectivity index (χ2n) is 2.19. The number of carbonyl (C=O) groups is 1. The highest BCUT2D eigenvalue weighted by molar-refractivity contribution is 14.1. The van der Waals surface area contributed by atoms with Gasteiger partial charge in [0.25, 0.3) is 0 Å². The number of hydrogen-bond donors (Lipinski definition) is 0. The van der Waals surface area contributed by atoms with Crippen LogP contribution in [-0.2, 0) is 9.53 Å². The van der Waals surface area contributed by atoms with Crippen molar-refractivity contribution in [1.29, 1.82) is 0 Å². The van der Waals surface area contributed by atoms with Crippen LogP contribution < -0.4 is 0 Å². The van der Waals surface area contributed by atoms with E-state index in [4.69, 9.17) is 4.74 Å². The largest absolute Gasteiger partial charge is 0.465 e. The first-order valence-corrected chi connectivity index (χ1v) is 3.92. The van der Waals surface area contributed by atoms with Crippen LogP contribution in [0.25, 0.3) is 0 Å². The van der Waals surface area contributed by atoms with Crippen LogP contribution in [0.4, 0.5) is 0 Å². The highest BCUT2D eigenvalue weighted by Gasteiger charge is 2.24. The van der Waals surface area contributed by atoms with Crippen LogP contribution in [-0.4, -0.2) is 16.0 Å². The Labute approximate surface area is 69.1 Å². The van der Waals surface area contributed by atoms with E-state index in [9.17, 15) is 4.79 Å². The summed E-state index contributed by atoms with van der Waals surface area (Å²) in [6.45, 7) is 5.92. The predicted molar refractivity (Wildman–Crippen MR) is 44.7 cm³/mol. The zero-order valence-corrected chi connectivity index (χ0v) is 8.06. The van der Waals surface area contributed by atoms with E-state index in [0.717, 1.165) is 0 Å². The van der Waals surface area contributed by atoms with E-state index in [1.807, 2.05) is 13.8 Å². The lowest BCUT2D eigenvalue weighted by Crippen LogP contribution is -2.26. The van der Waals surface area contributed by atoms with Gasteiger partial charge in [-0.25, -0.2) is 0 Å². The summed E-state index contributed by atoms with van der Waals surface area (Å²) in [6.07, 6.45) is 0. The second kappa shape index (κ2) is 3.39. The zero-order chi connectivity index (χ0) is 7.49. The van der Waals surface area contributed by atoms with Crippen molar-refractivity contribution in [1.82, 2.24) is 0 Å². The van der Waals surface area contributed by atoms with Gasteiger partial charge in [0.1, 0.15) is 3.42 Å². The molecule has 0 aliphatic heterocycles. The molecule has 0 aliphatic rings. The third kappa shape index (κ3) is 3.72. The summed E-state index contributed by atoms with van der Waals surface area (Å²) in [5.41, 5.74) is 0. The van der Waals surface area contributed by atoms with Crippen molar-refractivity contribution in [3.63, 3.8) is 0 Å². The van der Waals surface area contributed by atoms with Crippen LogP contribution >= 0.6 is 22.6 Å². The Hall–Kier alpha value is 0.200. The average Bonchev–Trinajstić information content (AvgIpc) is 1.64. The smallest absolute Gasteiger partial charge is 0.321 e. The summed E-state index contributed by atoms with van der Waals surface area (Å²) in [5.74, 6) is -0.148. The Kier molecular flexibility index (Phi) is 3.46. The minimum absolute atomic E-state index is 0.148. The van der Waals surface area contributed by atoms with E-state index in [1.165, 1.54) is 0 Å². The summed E-state index contributed by atoms with van der Waals surface area (Å²) < 4.78 is 4.38. The van der Waals surface area contributed by atoms with Crippen LogP contribution in [0.5, 0.6) is 0 Å². The summed E-state index contributed by atoms with van der Waals surface area (Å²) in [6, 6.07) is 0. The Morgan fingerprint density at radius 1 is 1.67 bits per heavy atom. The summed E-state index contributed by atoms with van der Waals surface area (Å²) in [7, 11) is 0. The number of esters is 1. The van der Waals surface area contributed by atoms with Gasteiger partial charge >= 0.3 is 5.97 Å². The van der Waals surface area contributed by atoms with Gasteiger partial charge in [0.15, 0.2) is 0 Å². The van der Waals surface area contributed by atoms with Crippen LogP contribution in [0.3, 0.4) is 0 Å². The molecule has 0 unspecified atom stereocenters. The maximum absolute atomic E-state index is 10.8. The minimum Gasteiger partial charge on any atom is -0.465 e. The molecule has 0 spiro atoms. The molecule has 3 heteroatoms. The molecule has 0 radical (unpaired) electrons. The fraction of sp³-hybridized carbons (Fsp3) is 0.833. The lowest BCUT2D eigenvalue weighted by atomic mass is 10.2. The van der Waals surface area contributed by atoms with E-state index in [-0.39, 0.29) is 9.39 Å². The van der Waals surface area contributed by atoms with Crippen molar-refractivity contribution in [2.75, 3.05) is 6.61 Å². The molecule has 0 heterocycles. The van der Waals surface area contributed by atoms with Crippen LogP contribution in [0.15, 0.2) is 0 Å². The lowest BCUT2D eigenvalue weighted by molar-refractivity contribution is -0.144. The van der Waals surface area contributed by atoms with Crippen LogP contribution in [0.1, 0.15) is 20.8 Å². The highest BCUT2D eigenvalue weighted by atomic mass is 127. The highest BCUT2D eigenvalue weighted by Crippen LogP contribution is 2.17. The van der Waals surface area contributed by atoms with E-state index >= 15 is 0 Å². The van der Waals surface area contributed by atoms with Gasteiger partial charge in [0, 0.05) is 0 Å². The molecule has 0 bridgehead atoms. The lowest BCUT2D eigenvalue weighted by Gasteiger charge is -2.12. The van der Waals surface area contributed by atoms with E-state index in [0.29, 0.717) is 6.61 Å². The molecule has 0 saturated heterocycles. The maximum Gasteiger partial charge on any atom is 0.321 e. The molecule has 0 fully saturated rings. The SMILES string of the molecule is CCOC(=O)C(C)(C)I. The number of alkyl halides is 1. The van der Waals surface area contributed by atoms with E-state index in [2.05, 4.69) is 22.6 Å². The van der Waals surface area contributed by atoms with Crippen molar-refractivity contribution < 1.29 is 9.53 Å². The first-order chi connectivity index (χ1) is 3.98. The number of carbonyl (C=O) groups excluding carboxylic acids is 1. The minimum atomic E-state index is -0.381. The van der Waals surface area contributed by atoms with Crippen molar-refractivity contribution in [2.45, 2.75) is 24.2 Å². The van der Waals surface area contributed by atoms with Crippen LogP contribution in [0, 0.1) is 0 Å². The first-order valence-electron chi connectivity index (χ1n) is 2.84. The molecular weight excluding hydrogens is 231 g/mol. The van der Waals surface area contributed by atoms with Crippen LogP contribution in [0.2, 0.25) is 0 Å². The third-order valence-corrected chi connectivity index (χ3v) is 1.20. The van der Waals surface area contributed by atoms with Gasteiger partial charge in [0.2, 0.25) is 0 Å². The molecule has 0 aromatic carbocycles. The number of ether oxygens (including phenoxy) is 1. The standard InChI is InChI=1S/C6H11IO2/c1-4-9-5(8)6(2,3)7/h4H2,1-3H3. The van der Waals surface area contributed by atoms with Gasteiger partial charge in [-0.1, -0.05) is 22.6 Å². The molecule has 0 N–H and O–H groups in total. The molecule has 0 atom stereocenters. The van der Waals surface area contributed by atoms with Gasteiger partial charge in [0.05, 0.1) is 6.61 Å². The van der Waals surface area contributed by atoms with Crippen molar-refractivity contribution >= 4 is 28.6 Å². The molecule has 2 nitrogen and oxygen atoms in total. The Balaban J connectivity index is 3.74. The van der Waals surface area contributed by atoms with Gasteiger partial charge in [-0.2, -0.15) is 0 Å². The summed E-state index contributed by atoms with van der Waals surface area (Å²) >= 11 is 2.05. The van der Waals surface area contributed by atoms with Crippen molar-refractivity contribution in [3.05, 3.63) is 0 Å². The molecule has 0 aromatic rings. The monoisotopic (exact) mass is 242 g/mol. The Morgan fingerprint density at radius 3 is 2.22 bits per heavy atom. The normalized spacial score (nSPS) is 11.1.